The number of halogens is 1. The van der Waals surface area contributed by atoms with E-state index in [1.54, 1.807) is 11.3 Å². The summed E-state index contributed by atoms with van der Waals surface area (Å²) in [5, 5.41) is 27.5. The molecule has 0 aliphatic rings. The van der Waals surface area contributed by atoms with E-state index < -0.39 is 11.8 Å². The van der Waals surface area contributed by atoms with Crippen LogP contribution in [0.15, 0.2) is 35.0 Å². The van der Waals surface area contributed by atoms with Crippen molar-refractivity contribution >= 4 is 40.4 Å². The van der Waals surface area contributed by atoms with E-state index in [-0.39, 0.29) is 23.8 Å². The predicted octanol–water partition coefficient (Wildman–Crippen LogP) is 2.88. The maximum atomic E-state index is 12.0. The minimum absolute atomic E-state index is 0.0562. The van der Waals surface area contributed by atoms with Crippen molar-refractivity contribution in [2.45, 2.75) is 18.8 Å². The lowest BCUT2D eigenvalue weighted by Gasteiger charge is -2.15. The van der Waals surface area contributed by atoms with Crippen LogP contribution in [0.25, 0.3) is 0 Å². The highest BCUT2D eigenvalue weighted by atomic mass is 35.5. The van der Waals surface area contributed by atoms with Crippen molar-refractivity contribution in [3.05, 3.63) is 51.2 Å². The number of hydrogen-bond donors (Lipinski definition) is 3. The molecule has 0 aliphatic carbocycles. The molecule has 0 saturated carbocycles. The lowest BCUT2D eigenvalue weighted by Crippen LogP contribution is -2.36. The van der Waals surface area contributed by atoms with Gasteiger partial charge in [0, 0.05) is 18.2 Å². The summed E-state index contributed by atoms with van der Waals surface area (Å²) in [5.41, 5.74) is 1.52. The van der Waals surface area contributed by atoms with E-state index in [1.165, 1.54) is 18.2 Å². The molecule has 6 nitrogen and oxygen atoms in total. The third kappa shape index (κ3) is 5.56. The molecule has 2 aromatic rings. The van der Waals surface area contributed by atoms with Gasteiger partial charge in [0.25, 0.3) is 0 Å². The highest BCUT2D eigenvalue weighted by Gasteiger charge is 2.17. The first kappa shape index (κ1) is 19.9. The molecule has 1 heterocycles. The zero-order valence-electron chi connectivity index (χ0n) is 13.9. The lowest BCUT2D eigenvalue weighted by molar-refractivity contribution is -0.136. The first-order valence-corrected chi connectivity index (χ1v) is 9.29. The van der Waals surface area contributed by atoms with Gasteiger partial charge in [-0.05, 0) is 59.3 Å². The fraction of sp³-hybridized carbons (Fsp3) is 0.278. The molecular weight excluding hydrogens is 374 g/mol. The van der Waals surface area contributed by atoms with Gasteiger partial charge in [0.05, 0.1) is 11.3 Å². The Balaban J connectivity index is 1.88. The molecule has 1 aromatic carbocycles. The highest BCUT2D eigenvalue weighted by molar-refractivity contribution is 7.08. The van der Waals surface area contributed by atoms with Crippen LogP contribution in [-0.2, 0) is 9.59 Å². The average molecular weight is 392 g/mol. The summed E-state index contributed by atoms with van der Waals surface area (Å²) >= 11 is 7.43. The number of carbonyl (C=O) groups is 2. The molecule has 8 heteroatoms. The van der Waals surface area contributed by atoms with Crippen molar-refractivity contribution in [3.63, 3.8) is 0 Å². The van der Waals surface area contributed by atoms with Gasteiger partial charge in [0.2, 0.25) is 0 Å². The molecule has 0 saturated heterocycles. The van der Waals surface area contributed by atoms with E-state index in [0.29, 0.717) is 24.4 Å². The summed E-state index contributed by atoms with van der Waals surface area (Å²) in [6.45, 7) is 0.355. The number of thiophene rings is 1. The van der Waals surface area contributed by atoms with Gasteiger partial charge < -0.3 is 15.7 Å². The van der Waals surface area contributed by atoms with E-state index in [4.69, 9.17) is 16.9 Å². The Bertz CT molecular complexity index is 803. The Morgan fingerprint density at radius 1 is 1.27 bits per heavy atom. The van der Waals surface area contributed by atoms with E-state index in [2.05, 4.69) is 10.6 Å². The summed E-state index contributed by atoms with van der Waals surface area (Å²) in [6.07, 6.45) is 1.20. The average Bonchev–Trinajstić information content (AvgIpc) is 3.15. The summed E-state index contributed by atoms with van der Waals surface area (Å²) in [7, 11) is 0. The van der Waals surface area contributed by atoms with Crippen molar-refractivity contribution < 1.29 is 14.7 Å². The van der Waals surface area contributed by atoms with Crippen molar-refractivity contribution in [3.8, 4) is 6.07 Å². The molecule has 1 unspecified atom stereocenters. The van der Waals surface area contributed by atoms with Gasteiger partial charge in [-0.1, -0.05) is 11.6 Å². The van der Waals surface area contributed by atoms with Crippen LogP contribution in [0.1, 0.15) is 29.9 Å². The number of nitrogens with one attached hydrogen (secondary N) is 2. The van der Waals surface area contributed by atoms with Crippen molar-refractivity contribution in [2.75, 3.05) is 18.5 Å². The number of anilines is 1. The molecule has 2 rings (SSSR count). The zero-order chi connectivity index (χ0) is 18.9. The Kier molecular flexibility index (Phi) is 7.60. The van der Waals surface area contributed by atoms with Crippen LogP contribution in [0.4, 0.5) is 5.69 Å². The van der Waals surface area contributed by atoms with Gasteiger partial charge in [0.15, 0.2) is 0 Å². The highest BCUT2D eigenvalue weighted by Crippen LogP contribution is 2.25. The first-order chi connectivity index (χ1) is 12.5. The number of aliphatic hydroxyl groups is 1. The van der Waals surface area contributed by atoms with E-state index in [9.17, 15) is 14.7 Å². The summed E-state index contributed by atoms with van der Waals surface area (Å²) < 4.78 is 0. The van der Waals surface area contributed by atoms with Gasteiger partial charge in [0.1, 0.15) is 6.07 Å². The number of nitriles is 1. The number of rotatable bonds is 7. The lowest BCUT2D eigenvalue weighted by atomic mass is 9.95. The van der Waals surface area contributed by atoms with Crippen LogP contribution < -0.4 is 10.6 Å². The van der Waals surface area contributed by atoms with Gasteiger partial charge in [-0.15, -0.1) is 0 Å². The maximum absolute atomic E-state index is 12.0. The second kappa shape index (κ2) is 9.92. The molecule has 136 valence electrons. The Morgan fingerprint density at radius 2 is 2.08 bits per heavy atom. The van der Waals surface area contributed by atoms with Gasteiger partial charge in [-0.2, -0.15) is 16.6 Å². The minimum atomic E-state index is -0.863. The number of benzene rings is 1. The summed E-state index contributed by atoms with van der Waals surface area (Å²) in [4.78, 5) is 24.0. The van der Waals surface area contributed by atoms with Crippen LogP contribution in [0.5, 0.6) is 0 Å². The van der Waals surface area contributed by atoms with Crippen molar-refractivity contribution in [1.82, 2.24) is 5.32 Å². The molecule has 0 fully saturated rings. The zero-order valence-corrected chi connectivity index (χ0v) is 15.4. The van der Waals surface area contributed by atoms with Gasteiger partial charge >= 0.3 is 11.8 Å². The van der Waals surface area contributed by atoms with Crippen molar-refractivity contribution in [2.24, 2.45) is 0 Å². The smallest absolute Gasteiger partial charge is 0.313 e. The number of hydrogen-bond acceptors (Lipinski definition) is 5. The maximum Gasteiger partial charge on any atom is 0.313 e. The van der Waals surface area contributed by atoms with E-state index >= 15 is 0 Å². The summed E-state index contributed by atoms with van der Waals surface area (Å²) in [5.74, 6) is -1.53. The van der Waals surface area contributed by atoms with E-state index in [1.807, 2.05) is 22.9 Å². The fourth-order valence-electron chi connectivity index (χ4n) is 2.48. The monoisotopic (exact) mass is 391 g/mol. The Hall–Kier alpha value is -2.40. The molecule has 26 heavy (non-hydrogen) atoms. The molecule has 0 bridgehead atoms. The minimum Gasteiger partial charge on any atom is -0.396 e. The SMILES string of the molecule is N#Cc1ccc(Cl)cc1NC(=O)C(=O)NCCC(CCO)c1ccsc1. The molecule has 1 aromatic heterocycles. The Labute approximate surface area is 160 Å². The third-order valence-corrected chi connectivity index (χ3v) is 4.76. The van der Waals surface area contributed by atoms with Gasteiger partial charge in [-0.25, -0.2) is 0 Å². The van der Waals surface area contributed by atoms with Crippen LogP contribution in [-0.4, -0.2) is 30.1 Å². The molecule has 2 amide bonds. The van der Waals surface area contributed by atoms with Crippen LogP contribution in [0.2, 0.25) is 5.02 Å². The normalized spacial score (nSPS) is 11.4. The van der Waals surface area contributed by atoms with E-state index in [0.717, 1.165) is 5.56 Å². The predicted molar refractivity (Wildman–Crippen MR) is 101 cm³/mol. The molecule has 0 aliphatic heterocycles. The molecule has 0 radical (unpaired) electrons. The second-order valence-electron chi connectivity index (χ2n) is 5.57. The second-order valence-corrected chi connectivity index (χ2v) is 6.78. The van der Waals surface area contributed by atoms with Crippen molar-refractivity contribution in [1.29, 1.82) is 5.26 Å². The number of carbonyl (C=O) groups excluding carboxylic acids is 2. The quantitative estimate of drug-likeness (QED) is 0.631. The summed E-state index contributed by atoms with van der Waals surface area (Å²) in [6, 6.07) is 8.33. The standard InChI is InChI=1S/C18H18ClN3O3S/c19-15-2-1-13(10-20)16(9-15)22-18(25)17(24)21-6-3-12(4-7-23)14-5-8-26-11-14/h1-2,5,8-9,11-12,23H,3-4,6-7H2,(H,21,24)(H,22,25). The Morgan fingerprint density at radius 3 is 2.73 bits per heavy atom. The number of aliphatic hydroxyl groups excluding tert-OH is 1. The topological polar surface area (TPSA) is 102 Å². The van der Waals surface area contributed by atoms with Crippen LogP contribution >= 0.6 is 22.9 Å². The third-order valence-electron chi connectivity index (χ3n) is 3.83. The first-order valence-electron chi connectivity index (χ1n) is 7.97. The number of nitrogens with zero attached hydrogens (tertiary/aromatic N) is 1. The fourth-order valence-corrected chi connectivity index (χ4v) is 3.39. The van der Waals surface area contributed by atoms with Crippen LogP contribution in [0, 0.1) is 11.3 Å². The molecular formula is C18H18ClN3O3S. The number of amides is 2. The molecule has 1 atom stereocenters. The van der Waals surface area contributed by atoms with Gasteiger partial charge in [-0.3, -0.25) is 9.59 Å². The molecule has 0 spiro atoms. The van der Waals surface area contributed by atoms with Crippen LogP contribution in [0.3, 0.4) is 0 Å². The largest absolute Gasteiger partial charge is 0.396 e. The molecule has 3 N–H and O–H groups in total.